The standard InChI is InChI=1S/C33H39Cl2FN4O3/c1-40-26(27(41)39-31-15-12-30(13-16-31,14-17-31)28(37)42)24(20-6-5-7-22(35)25(20)36)33(32(40)10-3-2-4-11-32)21-9-8-19(34)18-23(21)38-29(33)43/h5-9,18,24,26-27,39,41H,2-4,10-17H2,1H3,(H2,37,42)(H,38,43)/t24-,26+,27?,30?,31?,33+/m0/s1. The molecule has 2 bridgehead atoms. The zero-order valence-electron chi connectivity index (χ0n) is 24.4. The largest absolute Gasteiger partial charge is 0.377 e. The van der Waals surface area contributed by atoms with Crippen LogP contribution in [0.3, 0.4) is 0 Å². The maximum Gasteiger partial charge on any atom is 0.237 e. The highest BCUT2D eigenvalue weighted by atomic mass is 35.5. The van der Waals surface area contributed by atoms with Gasteiger partial charge in [-0.05, 0) is 87.7 Å². The molecule has 230 valence electrons. The predicted octanol–water partition coefficient (Wildman–Crippen LogP) is 5.61. The minimum atomic E-state index is -1.20. The van der Waals surface area contributed by atoms with E-state index in [-0.39, 0.29) is 22.4 Å². The highest BCUT2D eigenvalue weighted by Gasteiger charge is 2.74. The number of aliphatic hydroxyl groups is 1. The van der Waals surface area contributed by atoms with Crippen LogP contribution in [0.2, 0.25) is 10.0 Å². The van der Waals surface area contributed by atoms with Crippen LogP contribution in [0.1, 0.15) is 87.7 Å². The van der Waals surface area contributed by atoms with Crippen LogP contribution in [0.25, 0.3) is 0 Å². The first kappa shape index (κ1) is 29.5. The maximum atomic E-state index is 16.3. The lowest BCUT2D eigenvalue weighted by molar-refractivity contribution is -0.136. The summed E-state index contributed by atoms with van der Waals surface area (Å²) in [5.74, 6) is -1.76. The van der Waals surface area contributed by atoms with Gasteiger partial charge >= 0.3 is 0 Å². The molecule has 4 saturated carbocycles. The number of halogens is 3. The van der Waals surface area contributed by atoms with E-state index in [1.54, 1.807) is 24.3 Å². The molecule has 6 aliphatic rings. The third-order valence-corrected chi connectivity index (χ3v) is 12.7. The predicted molar refractivity (Wildman–Crippen MR) is 164 cm³/mol. The molecule has 10 heteroatoms. The summed E-state index contributed by atoms with van der Waals surface area (Å²) in [6.45, 7) is 0. The number of aliphatic hydroxyl groups excluding tert-OH is 1. The molecule has 1 unspecified atom stereocenters. The van der Waals surface area contributed by atoms with Crippen LogP contribution in [-0.4, -0.2) is 52.2 Å². The SMILES string of the molecule is CN1[C@@H](C(O)NC23CCC(C(N)=O)(CC2)CC3)[C@H](c2cccc(Cl)c2F)[C@]2(C(=O)Nc3cc(Cl)ccc32)C12CCCCC2. The highest BCUT2D eigenvalue weighted by Crippen LogP contribution is 2.66. The molecule has 4 atom stereocenters. The quantitative estimate of drug-likeness (QED) is 0.322. The number of nitrogens with one attached hydrogen (secondary N) is 2. The normalized spacial score (nSPS) is 35.3. The second-order valence-electron chi connectivity index (χ2n) is 13.8. The van der Waals surface area contributed by atoms with Gasteiger partial charge in [-0.25, -0.2) is 4.39 Å². The Morgan fingerprint density at radius 3 is 2.40 bits per heavy atom. The van der Waals surface area contributed by atoms with E-state index in [0.29, 0.717) is 35.5 Å². The first-order chi connectivity index (χ1) is 20.5. The molecule has 8 rings (SSSR count). The van der Waals surface area contributed by atoms with Crippen molar-refractivity contribution >= 4 is 40.7 Å². The summed E-state index contributed by atoms with van der Waals surface area (Å²) in [5, 5.41) is 19.6. The minimum absolute atomic E-state index is 0.0169. The second kappa shape index (κ2) is 10.1. The van der Waals surface area contributed by atoms with Crippen molar-refractivity contribution in [3.8, 4) is 0 Å². The third kappa shape index (κ3) is 3.96. The van der Waals surface area contributed by atoms with Crippen molar-refractivity contribution < 1.29 is 19.1 Å². The van der Waals surface area contributed by atoms with E-state index in [4.69, 9.17) is 28.9 Å². The molecule has 1 saturated heterocycles. The second-order valence-corrected chi connectivity index (χ2v) is 14.6. The van der Waals surface area contributed by atoms with Gasteiger partial charge in [0.05, 0.1) is 11.1 Å². The number of rotatable bonds is 5. The molecule has 2 aromatic carbocycles. The van der Waals surface area contributed by atoms with Crippen LogP contribution in [0.5, 0.6) is 0 Å². The van der Waals surface area contributed by atoms with Crippen LogP contribution < -0.4 is 16.4 Å². The number of nitrogens with zero attached hydrogens (tertiary/aromatic N) is 1. The van der Waals surface area contributed by atoms with Gasteiger partial charge in [0.2, 0.25) is 11.8 Å². The molecule has 2 amide bonds. The molecule has 2 aliphatic heterocycles. The number of benzene rings is 2. The van der Waals surface area contributed by atoms with Gasteiger partial charge < -0.3 is 16.2 Å². The fourth-order valence-electron chi connectivity index (χ4n) is 10.0. The van der Waals surface area contributed by atoms with E-state index in [1.165, 1.54) is 6.07 Å². The Morgan fingerprint density at radius 2 is 1.74 bits per heavy atom. The number of primary amides is 1. The van der Waals surface area contributed by atoms with E-state index in [0.717, 1.165) is 56.9 Å². The van der Waals surface area contributed by atoms with Crippen molar-refractivity contribution in [3.05, 3.63) is 63.4 Å². The molecular weight excluding hydrogens is 590 g/mol. The summed E-state index contributed by atoms with van der Waals surface area (Å²) >= 11 is 12.8. The summed E-state index contributed by atoms with van der Waals surface area (Å²) in [4.78, 5) is 29.1. The fraction of sp³-hybridized carbons (Fsp3) is 0.576. The Kier molecular flexibility index (Phi) is 6.95. The first-order valence-corrected chi connectivity index (χ1v) is 16.3. The number of carbonyl (C=O) groups excluding carboxylic acids is 2. The Labute approximate surface area is 261 Å². The molecule has 5 N–H and O–H groups in total. The number of carbonyl (C=O) groups is 2. The molecule has 2 spiro atoms. The van der Waals surface area contributed by atoms with Crippen molar-refractivity contribution in [1.29, 1.82) is 0 Å². The van der Waals surface area contributed by atoms with Gasteiger partial charge in [0.25, 0.3) is 0 Å². The van der Waals surface area contributed by atoms with Gasteiger partial charge in [0.15, 0.2) is 0 Å². The van der Waals surface area contributed by atoms with E-state index in [1.807, 2.05) is 13.1 Å². The zero-order valence-corrected chi connectivity index (χ0v) is 25.9. The Balaban J connectivity index is 1.40. The number of likely N-dealkylation sites (tertiary alicyclic amines) is 1. The number of anilines is 1. The van der Waals surface area contributed by atoms with Crippen molar-refractivity contribution in [2.45, 2.75) is 105 Å². The van der Waals surface area contributed by atoms with Crippen LogP contribution >= 0.6 is 23.2 Å². The van der Waals surface area contributed by atoms with Gasteiger partial charge in [-0.1, -0.05) is 60.7 Å². The van der Waals surface area contributed by atoms with Gasteiger partial charge in [-0.2, -0.15) is 0 Å². The van der Waals surface area contributed by atoms with Gasteiger partial charge in [-0.15, -0.1) is 0 Å². The lowest BCUT2D eigenvalue weighted by Gasteiger charge is -2.54. The topological polar surface area (TPSA) is 108 Å². The molecule has 2 aromatic rings. The van der Waals surface area contributed by atoms with Crippen molar-refractivity contribution in [2.75, 3.05) is 12.4 Å². The highest BCUT2D eigenvalue weighted by molar-refractivity contribution is 6.31. The summed E-state index contributed by atoms with van der Waals surface area (Å²) in [6, 6.07) is 9.76. The van der Waals surface area contributed by atoms with Gasteiger partial charge in [0, 0.05) is 33.1 Å². The molecule has 2 heterocycles. The molecule has 0 aromatic heterocycles. The molecular formula is C33H39Cl2FN4O3. The zero-order chi connectivity index (χ0) is 30.4. The summed E-state index contributed by atoms with van der Waals surface area (Å²) in [7, 11) is 1.99. The van der Waals surface area contributed by atoms with E-state index in [9.17, 15) is 14.7 Å². The average molecular weight is 630 g/mol. The number of amides is 2. The van der Waals surface area contributed by atoms with Crippen molar-refractivity contribution in [1.82, 2.24) is 10.2 Å². The summed E-state index contributed by atoms with van der Waals surface area (Å²) < 4.78 is 16.3. The van der Waals surface area contributed by atoms with Crippen LogP contribution in [-0.2, 0) is 15.0 Å². The molecule has 0 radical (unpaired) electrons. The molecule has 5 fully saturated rings. The van der Waals surface area contributed by atoms with E-state index >= 15 is 4.39 Å². The van der Waals surface area contributed by atoms with Crippen LogP contribution in [0.15, 0.2) is 36.4 Å². The van der Waals surface area contributed by atoms with Crippen molar-refractivity contribution in [2.24, 2.45) is 11.1 Å². The third-order valence-electron chi connectivity index (χ3n) is 12.2. The summed E-state index contributed by atoms with van der Waals surface area (Å²) in [5.41, 5.74) is 4.84. The lowest BCUT2D eigenvalue weighted by atomic mass is 9.55. The maximum absolute atomic E-state index is 16.3. The number of hydrogen-bond acceptors (Lipinski definition) is 5. The van der Waals surface area contributed by atoms with E-state index < -0.39 is 40.4 Å². The van der Waals surface area contributed by atoms with Crippen LogP contribution in [0, 0.1) is 11.2 Å². The number of likely N-dealkylation sites (N-methyl/N-ethyl adjacent to an activating group) is 1. The smallest absolute Gasteiger partial charge is 0.237 e. The van der Waals surface area contributed by atoms with E-state index in [2.05, 4.69) is 15.5 Å². The van der Waals surface area contributed by atoms with Crippen molar-refractivity contribution in [3.63, 3.8) is 0 Å². The Morgan fingerprint density at radius 1 is 1.07 bits per heavy atom. The minimum Gasteiger partial charge on any atom is -0.377 e. The first-order valence-electron chi connectivity index (χ1n) is 15.5. The molecule has 4 aliphatic carbocycles. The Bertz CT molecular complexity index is 1470. The van der Waals surface area contributed by atoms with Crippen LogP contribution in [0.4, 0.5) is 10.1 Å². The summed E-state index contributed by atoms with van der Waals surface area (Å²) in [6.07, 6.45) is 7.46. The molecule has 43 heavy (non-hydrogen) atoms. The number of nitrogens with two attached hydrogens (primary N) is 1. The molecule has 7 nitrogen and oxygen atoms in total. The van der Waals surface area contributed by atoms with Gasteiger partial charge in [0.1, 0.15) is 17.5 Å². The number of fused-ring (bicyclic) bond motifs is 6. The lowest BCUT2D eigenvalue weighted by Crippen LogP contribution is -2.64. The average Bonchev–Trinajstić information content (AvgIpc) is 3.40. The van der Waals surface area contributed by atoms with Gasteiger partial charge in [-0.3, -0.25) is 19.8 Å². The Hall–Kier alpha value is -2.23. The fourth-order valence-corrected chi connectivity index (χ4v) is 10.4. The monoisotopic (exact) mass is 628 g/mol. The number of hydrogen-bond donors (Lipinski definition) is 4.